The molecule has 0 radical (unpaired) electrons. The molecule has 0 saturated carbocycles. The monoisotopic (exact) mass is 361 g/mol. The van der Waals surface area contributed by atoms with E-state index in [1.54, 1.807) is 12.1 Å². The number of azo groups is 1. The van der Waals surface area contributed by atoms with Crippen molar-refractivity contribution < 1.29 is 8.42 Å². The average Bonchev–Trinajstić information content (AvgIpc) is 2.61. The van der Waals surface area contributed by atoms with Gasteiger partial charge in [0, 0.05) is 26.3 Å². The summed E-state index contributed by atoms with van der Waals surface area (Å²) >= 11 is 0. The van der Waals surface area contributed by atoms with Crippen LogP contribution in [0.25, 0.3) is 0 Å². The molecule has 0 atom stereocenters. The Morgan fingerprint density at radius 3 is 1.96 bits per heavy atom. The lowest BCUT2D eigenvalue weighted by molar-refractivity contribution is 0.579. The molecule has 0 heterocycles. The minimum absolute atomic E-state index is 0.193. The molecule has 3 N–H and O–H groups in total. The van der Waals surface area contributed by atoms with Crippen molar-refractivity contribution in [2.75, 3.05) is 32.1 Å². The molecular formula is C17H23N5O2S. The summed E-state index contributed by atoms with van der Waals surface area (Å²) in [5, 5.41) is 8.29. The van der Waals surface area contributed by atoms with Gasteiger partial charge in [-0.05, 0) is 61.5 Å². The van der Waals surface area contributed by atoms with Gasteiger partial charge in [-0.15, -0.1) is 0 Å². The first kappa shape index (κ1) is 19.0. The standard InChI is InChI=1S/C17H23N5O2S/c1-22(2)16-8-4-14(5-9-16)20-21-15-6-10-17(11-7-15)25(23,24)19-13-3-12-18/h4-11,19H,3,12-13,18H2,1-2H3. The number of benzene rings is 2. The summed E-state index contributed by atoms with van der Waals surface area (Å²) in [6.07, 6.45) is 0.595. The van der Waals surface area contributed by atoms with Gasteiger partial charge in [-0.1, -0.05) is 0 Å². The Balaban J connectivity index is 2.04. The van der Waals surface area contributed by atoms with E-state index >= 15 is 0 Å². The van der Waals surface area contributed by atoms with Crippen molar-refractivity contribution in [1.82, 2.24) is 4.72 Å². The predicted octanol–water partition coefficient (Wildman–Crippen LogP) is 2.80. The highest BCUT2D eigenvalue weighted by Gasteiger charge is 2.12. The topological polar surface area (TPSA) is 100 Å². The molecule has 0 aliphatic rings. The Bertz CT molecular complexity index is 800. The van der Waals surface area contributed by atoms with Gasteiger partial charge in [-0.2, -0.15) is 10.2 Å². The maximum atomic E-state index is 12.1. The minimum Gasteiger partial charge on any atom is -0.378 e. The SMILES string of the molecule is CN(C)c1ccc(N=Nc2ccc(S(=O)(=O)NCCCN)cc2)cc1. The molecule has 0 aliphatic heterocycles. The van der Waals surface area contributed by atoms with E-state index in [1.807, 2.05) is 43.3 Å². The number of anilines is 1. The first-order chi connectivity index (χ1) is 11.9. The number of nitrogens with one attached hydrogen (secondary N) is 1. The maximum absolute atomic E-state index is 12.1. The van der Waals surface area contributed by atoms with E-state index < -0.39 is 10.0 Å². The zero-order chi connectivity index (χ0) is 18.3. The molecule has 8 heteroatoms. The van der Waals surface area contributed by atoms with E-state index in [-0.39, 0.29) is 4.90 Å². The van der Waals surface area contributed by atoms with Crippen LogP contribution in [0.15, 0.2) is 63.7 Å². The van der Waals surface area contributed by atoms with Crippen LogP contribution in [0, 0.1) is 0 Å². The van der Waals surface area contributed by atoms with Gasteiger partial charge >= 0.3 is 0 Å². The Hall–Kier alpha value is -2.29. The average molecular weight is 361 g/mol. The van der Waals surface area contributed by atoms with Crippen LogP contribution in [0.5, 0.6) is 0 Å². The van der Waals surface area contributed by atoms with Crippen LogP contribution >= 0.6 is 0 Å². The molecule has 0 spiro atoms. The third-order valence-electron chi connectivity index (χ3n) is 3.47. The summed E-state index contributed by atoms with van der Waals surface area (Å²) in [6.45, 7) is 0.764. The van der Waals surface area contributed by atoms with Gasteiger partial charge < -0.3 is 10.6 Å². The molecule has 2 aromatic rings. The highest BCUT2D eigenvalue weighted by Crippen LogP contribution is 2.22. The van der Waals surface area contributed by atoms with Crippen molar-refractivity contribution >= 4 is 27.1 Å². The Morgan fingerprint density at radius 1 is 0.960 bits per heavy atom. The highest BCUT2D eigenvalue weighted by atomic mass is 32.2. The molecule has 0 amide bonds. The van der Waals surface area contributed by atoms with Gasteiger partial charge in [-0.3, -0.25) is 0 Å². The van der Waals surface area contributed by atoms with Gasteiger partial charge in [0.05, 0.1) is 16.3 Å². The van der Waals surface area contributed by atoms with Gasteiger partial charge in [0.25, 0.3) is 0 Å². The van der Waals surface area contributed by atoms with Gasteiger partial charge in [0.15, 0.2) is 0 Å². The predicted molar refractivity (Wildman–Crippen MR) is 100 cm³/mol. The number of hydrogen-bond acceptors (Lipinski definition) is 6. The zero-order valence-corrected chi connectivity index (χ0v) is 15.2. The normalized spacial score (nSPS) is 11.8. The van der Waals surface area contributed by atoms with Crippen molar-refractivity contribution in [3.8, 4) is 0 Å². The molecule has 0 saturated heterocycles. The highest BCUT2D eigenvalue weighted by molar-refractivity contribution is 7.89. The molecule has 2 aromatic carbocycles. The van der Waals surface area contributed by atoms with E-state index in [4.69, 9.17) is 5.73 Å². The second kappa shape index (κ2) is 8.70. The summed E-state index contributed by atoms with van der Waals surface area (Å²) in [7, 11) is 0.427. The Kier molecular flexibility index (Phi) is 6.63. The number of rotatable bonds is 8. The second-order valence-electron chi connectivity index (χ2n) is 5.64. The summed E-state index contributed by atoms with van der Waals surface area (Å²) in [5.41, 5.74) is 7.75. The van der Waals surface area contributed by atoms with Crippen molar-refractivity contribution in [2.24, 2.45) is 16.0 Å². The summed E-state index contributed by atoms with van der Waals surface area (Å²) in [5.74, 6) is 0. The second-order valence-corrected chi connectivity index (χ2v) is 7.41. The van der Waals surface area contributed by atoms with Gasteiger partial charge in [0.1, 0.15) is 0 Å². The van der Waals surface area contributed by atoms with Crippen molar-refractivity contribution in [3.05, 3.63) is 48.5 Å². The van der Waals surface area contributed by atoms with Crippen molar-refractivity contribution in [1.29, 1.82) is 0 Å². The van der Waals surface area contributed by atoms with E-state index in [2.05, 4.69) is 15.0 Å². The van der Waals surface area contributed by atoms with Crippen LogP contribution in [-0.2, 0) is 10.0 Å². The first-order valence-corrected chi connectivity index (χ1v) is 9.39. The number of hydrogen-bond donors (Lipinski definition) is 2. The Morgan fingerprint density at radius 2 is 1.48 bits per heavy atom. The minimum atomic E-state index is -3.51. The number of nitrogens with two attached hydrogens (primary N) is 1. The molecule has 0 bridgehead atoms. The number of sulfonamides is 1. The summed E-state index contributed by atoms with van der Waals surface area (Å²) < 4.78 is 26.7. The zero-order valence-electron chi connectivity index (χ0n) is 14.4. The van der Waals surface area contributed by atoms with Gasteiger partial charge in [-0.25, -0.2) is 13.1 Å². The molecular weight excluding hydrogens is 338 g/mol. The molecule has 0 aromatic heterocycles. The molecule has 2 rings (SSSR count). The fourth-order valence-corrected chi connectivity index (χ4v) is 3.09. The summed E-state index contributed by atoms with van der Waals surface area (Å²) in [4.78, 5) is 2.19. The third-order valence-corrected chi connectivity index (χ3v) is 4.94. The van der Waals surface area contributed by atoms with Crippen LogP contribution in [0.2, 0.25) is 0 Å². The lowest BCUT2D eigenvalue weighted by Gasteiger charge is -2.11. The van der Waals surface area contributed by atoms with Crippen molar-refractivity contribution in [3.63, 3.8) is 0 Å². The largest absolute Gasteiger partial charge is 0.378 e. The van der Waals surface area contributed by atoms with E-state index in [0.717, 1.165) is 11.4 Å². The van der Waals surface area contributed by atoms with Crippen LogP contribution in [0.3, 0.4) is 0 Å². The lowest BCUT2D eigenvalue weighted by Crippen LogP contribution is -2.26. The molecule has 25 heavy (non-hydrogen) atoms. The Labute approximate surface area is 148 Å². The molecule has 0 unspecified atom stereocenters. The first-order valence-electron chi connectivity index (χ1n) is 7.91. The molecule has 0 fully saturated rings. The lowest BCUT2D eigenvalue weighted by atomic mass is 10.3. The fraction of sp³-hybridized carbons (Fsp3) is 0.294. The summed E-state index contributed by atoms with van der Waals surface area (Å²) in [6, 6.07) is 13.9. The van der Waals surface area contributed by atoms with Crippen LogP contribution in [-0.4, -0.2) is 35.6 Å². The number of nitrogens with zero attached hydrogens (tertiary/aromatic N) is 3. The van der Waals surface area contributed by atoms with Crippen LogP contribution in [0.1, 0.15) is 6.42 Å². The molecule has 7 nitrogen and oxygen atoms in total. The molecule has 0 aliphatic carbocycles. The quantitative estimate of drug-likeness (QED) is 0.558. The third kappa shape index (κ3) is 5.63. The van der Waals surface area contributed by atoms with Crippen LogP contribution in [0.4, 0.5) is 17.1 Å². The maximum Gasteiger partial charge on any atom is 0.240 e. The molecule has 134 valence electrons. The van der Waals surface area contributed by atoms with Crippen molar-refractivity contribution in [2.45, 2.75) is 11.3 Å². The van der Waals surface area contributed by atoms with Gasteiger partial charge in [0.2, 0.25) is 10.0 Å². The fourth-order valence-electron chi connectivity index (χ4n) is 2.02. The smallest absolute Gasteiger partial charge is 0.240 e. The van der Waals surface area contributed by atoms with E-state index in [9.17, 15) is 8.42 Å². The van der Waals surface area contributed by atoms with E-state index in [1.165, 1.54) is 12.1 Å². The van der Waals surface area contributed by atoms with Crippen LogP contribution < -0.4 is 15.4 Å². The van der Waals surface area contributed by atoms with E-state index in [0.29, 0.717) is 25.2 Å².